The van der Waals surface area contributed by atoms with Crippen molar-refractivity contribution in [1.29, 1.82) is 5.41 Å². The minimum atomic E-state index is -4.72. The SMILES string of the molecule is COc1cc(/C=C2\C(=N)N3N=C(C(F)(F)F)SC3=NC2=O)ccc1OCc1ccccc1F. The smallest absolute Gasteiger partial charge is 0.441 e. The van der Waals surface area contributed by atoms with Gasteiger partial charge in [-0.15, -0.1) is 0 Å². The lowest BCUT2D eigenvalue weighted by Crippen LogP contribution is -2.35. The number of halogens is 4. The summed E-state index contributed by atoms with van der Waals surface area (Å²) in [4.78, 5) is 16.0. The maximum Gasteiger partial charge on any atom is 0.441 e. The van der Waals surface area contributed by atoms with Gasteiger partial charge in [0.1, 0.15) is 12.4 Å². The van der Waals surface area contributed by atoms with Gasteiger partial charge in [0.05, 0.1) is 12.7 Å². The number of hydrogen-bond donors (Lipinski definition) is 1. The van der Waals surface area contributed by atoms with Crippen molar-refractivity contribution < 1.29 is 31.8 Å². The zero-order valence-corrected chi connectivity index (χ0v) is 17.6. The van der Waals surface area contributed by atoms with Crippen molar-refractivity contribution in [3.05, 3.63) is 65.0 Å². The molecule has 0 spiro atoms. The molecule has 2 aromatic rings. The highest BCUT2D eigenvalue weighted by atomic mass is 32.2. The molecule has 2 aliphatic rings. The van der Waals surface area contributed by atoms with Crippen LogP contribution in [0.1, 0.15) is 11.1 Å². The van der Waals surface area contributed by atoms with Crippen molar-refractivity contribution in [1.82, 2.24) is 5.01 Å². The Labute approximate surface area is 188 Å². The molecule has 0 bridgehead atoms. The average Bonchev–Trinajstić information content (AvgIpc) is 3.21. The van der Waals surface area contributed by atoms with Gasteiger partial charge in [-0.2, -0.15) is 28.3 Å². The molecule has 0 atom stereocenters. The molecule has 1 N–H and O–H groups in total. The first-order chi connectivity index (χ1) is 15.7. The van der Waals surface area contributed by atoms with E-state index in [2.05, 4.69) is 10.1 Å². The summed E-state index contributed by atoms with van der Waals surface area (Å²) in [5.41, 5.74) is 0.514. The Kier molecular flexibility index (Phi) is 5.93. The standard InChI is InChI=1S/C21H14F4N4O3S/c1-31-16-9-11(6-7-15(16)32-10-12-4-2-3-5-14(12)22)8-13-17(26)29-20(27-18(13)30)33-19(28-29)21(23,24)25/h2-9,26H,10H2,1H3/b13-8+,26-17?. The molecule has 2 aliphatic heterocycles. The molecule has 0 saturated carbocycles. The highest BCUT2D eigenvalue weighted by Gasteiger charge is 2.46. The number of nitrogens with zero attached hydrogens (tertiary/aromatic N) is 3. The molecule has 7 nitrogen and oxygen atoms in total. The zero-order chi connectivity index (χ0) is 23.8. The highest BCUT2D eigenvalue weighted by molar-refractivity contribution is 8.27. The van der Waals surface area contributed by atoms with Crippen molar-refractivity contribution in [2.45, 2.75) is 12.8 Å². The van der Waals surface area contributed by atoms with Gasteiger partial charge in [-0.1, -0.05) is 24.3 Å². The molecular weight excluding hydrogens is 464 g/mol. The van der Waals surface area contributed by atoms with Crippen molar-refractivity contribution in [2.75, 3.05) is 7.11 Å². The van der Waals surface area contributed by atoms with Gasteiger partial charge in [-0.25, -0.2) is 4.39 Å². The van der Waals surface area contributed by atoms with Gasteiger partial charge >= 0.3 is 6.18 Å². The molecule has 12 heteroatoms. The highest BCUT2D eigenvalue weighted by Crippen LogP contribution is 2.36. The number of carbonyl (C=O) groups excluding carboxylic acids is 1. The molecule has 0 radical (unpaired) electrons. The third kappa shape index (κ3) is 4.60. The van der Waals surface area contributed by atoms with Gasteiger partial charge < -0.3 is 9.47 Å². The minimum Gasteiger partial charge on any atom is -0.493 e. The topological polar surface area (TPSA) is 87.3 Å². The van der Waals surface area contributed by atoms with E-state index in [-0.39, 0.29) is 34.9 Å². The molecule has 33 heavy (non-hydrogen) atoms. The number of aliphatic imine (C=N–C) groups is 1. The number of ether oxygens (including phenoxy) is 2. The van der Waals surface area contributed by atoms with E-state index in [1.807, 2.05) is 0 Å². The largest absolute Gasteiger partial charge is 0.493 e. The van der Waals surface area contributed by atoms with Crippen LogP contribution in [-0.4, -0.2) is 40.2 Å². The van der Waals surface area contributed by atoms with Gasteiger partial charge in [-0.3, -0.25) is 10.2 Å². The Morgan fingerprint density at radius 3 is 2.64 bits per heavy atom. The summed E-state index contributed by atoms with van der Waals surface area (Å²) in [6, 6.07) is 10.7. The fourth-order valence-corrected chi connectivity index (χ4v) is 3.70. The second kappa shape index (κ2) is 8.70. The zero-order valence-electron chi connectivity index (χ0n) is 16.8. The second-order valence-corrected chi connectivity index (χ2v) is 7.67. The summed E-state index contributed by atoms with van der Waals surface area (Å²) in [7, 11) is 1.39. The van der Waals surface area contributed by atoms with E-state index in [0.29, 0.717) is 21.9 Å². The minimum absolute atomic E-state index is 0.0454. The number of thioether (sulfide) groups is 1. The van der Waals surface area contributed by atoms with Gasteiger partial charge in [-0.05, 0) is 41.6 Å². The van der Waals surface area contributed by atoms with Gasteiger partial charge in [0, 0.05) is 5.56 Å². The van der Waals surface area contributed by atoms with Crippen LogP contribution < -0.4 is 9.47 Å². The van der Waals surface area contributed by atoms with Crippen molar-refractivity contribution in [2.24, 2.45) is 10.1 Å². The maximum absolute atomic E-state index is 13.8. The van der Waals surface area contributed by atoms with Crippen LogP contribution in [0.5, 0.6) is 11.5 Å². The average molecular weight is 478 g/mol. The van der Waals surface area contributed by atoms with Crippen LogP contribution in [0, 0.1) is 11.2 Å². The van der Waals surface area contributed by atoms with E-state index in [4.69, 9.17) is 14.9 Å². The molecule has 1 amide bonds. The second-order valence-electron chi connectivity index (χ2n) is 6.71. The quantitative estimate of drug-likeness (QED) is 0.502. The first-order valence-electron chi connectivity index (χ1n) is 9.29. The summed E-state index contributed by atoms with van der Waals surface area (Å²) >= 11 is 0.179. The molecule has 0 aromatic heterocycles. The molecular formula is C21H14F4N4O3S. The lowest BCUT2D eigenvalue weighted by molar-refractivity contribution is -0.114. The number of benzene rings is 2. The molecule has 0 saturated heterocycles. The summed E-state index contributed by atoms with van der Waals surface area (Å²) in [6.07, 6.45) is -3.43. The fraction of sp³-hybridized carbons (Fsp3) is 0.143. The number of nitrogens with one attached hydrogen (secondary N) is 1. The van der Waals surface area contributed by atoms with Gasteiger partial charge in [0.2, 0.25) is 10.2 Å². The van der Waals surface area contributed by atoms with Crippen molar-refractivity contribution >= 4 is 39.8 Å². The summed E-state index contributed by atoms with van der Waals surface area (Å²) in [5, 5.41) is 10.6. The number of amidine groups is 2. The summed E-state index contributed by atoms with van der Waals surface area (Å²) in [5.74, 6) is -1.23. The number of amides is 1. The van der Waals surface area contributed by atoms with Crippen molar-refractivity contribution in [3.8, 4) is 11.5 Å². The number of alkyl halides is 3. The number of fused-ring (bicyclic) bond motifs is 1. The number of methoxy groups -OCH3 is 1. The molecule has 170 valence electrons. The molecule has 2 heterocycles. The first-order valence-corrected chi connectivity index (χ1v) is 10.1. The summed E-state index contributed by atoms with van der Waals surface area (Å²) < 4.78 is 63.5. The van der Waals surface area contributed by atoms with E-state index in [0.717, 1.165) is 0 Å². The summed E-state index contributed by atoms with van der Waals surface area (Å²) in [6.45, 7) is -0.0454. The van der Waals surface area contributed by atoms with Gasteiger partial charge in [0.15, 0.2) is 17.3 Å². The first kappa shape index (κ1) is 22.5. The van der Waals surface area contributed by atoms with E-state index in [1.165, 1.54) is 31.4 Å². The molecule has 0 fully saturated rings. The Hall–Kier alpha value is -3.67. The predicted molar refractivity (Wildman–Crippen MR) is 115 cm³/mol. The number of hydrogen-bond acceptors (Lipinski definition) is 6. The van der Waals surface area contributed by atoms with Crippen molar-refractivity contribution in [3.63, 3.8) is 0 Å². The predicted octanol–water partition coefficient (Wildman–Crippen LogP) is 4.59. The van der Waals surface area contributed by atoms with Crippen LogP contribution in [0.2, 0.25) is 0 Å². The van der Waals surface area contributed by atoms with E-state index in [1.54, 1.807) is 24.3 Å². The van der Waals surface area contributed by atoms with Crippen LogP contribution >= 0.6 is 11.8 Å². The Morgan fingerprint density at radius 1 is 1.18 bits per heavy atom. The lowest BCUT2D eigenvalue weighted by Gasteiger charge is -2.20. The molecule has 2 aromatic carbocycles. The number of hydrazone groups is 1. The third-order valence-corrected chi connectivity index (χ3v) is 5.49. The Balaban J connectivity index is 1.58. The van der Waals surface area contributed by atoms with Crippen LogP contribution in [0.4, 0.5) is 17.6 Å². The van der Waals surface area contributed by atoms with E-state index < -0.39 is 28.8 Å². The van der Waals surface area contributed by atoms with Crippen LogP contribution in [0.25, 0.3) is 6.08 Å². The van der Waals surface area contributed by atoms with Crippen LogP contribution in [0.15, 0.2) is 58.1 Å². The molecule has 0 unspecified atom stereocenters. The monoisotopic (exact) mass is 478 g/mol. The Morgan fingerprint density at radius 2 is 1.94 bits per heavy atom. The number of carbonyl (C=O) groups is 1. The molecule has 4 rings (SSSR count). The molecule has 0 aliphatic carbocycles. The van der Waals surface area contributed by atoms with E-state index >= 15 is 0 Å². The normalized spacial score (nSPS) is 17.1. The van der Waals surface area contributed by atoms with E-state index in [9.17, 15) is 22.4 Å². The van der Waals surface area contributed by atoms with Crippen LogP contribution in [-0.2, 0) is 11.4 Å². The Bertz CT molecular complexity index is 1240. The van der Waals surface area contributed by atoms with Crippen LogP contribution in [0.3, 0.4) is 0 Å². The lowest BCUT2D eigenvalue weighted by atomic mass is 10.1. The van der Waals surface area contributed by atoms with Gasteiger partial charge in [0.25, 0.3) is 5.91 Å². The number of rotatable bonds is 5. The fourth-order valence-electron chi connectivity index (χ4n) is 2.94. The maximum atomic E-state index is 13.8. The third-order valence-electron chi connectivity index (χ3n) is 4.54.